The second-order valence-corrected chi connectivity index (χ2v) is 14.4. The zero-order valence-electron chi connectivity index (χ0n) is 20.5. The largest absolute Gasteiger partial charge is 0.501 e. The van der Waals surface area contributed by atoms with E-state index in [9.17, 15) is 0 Å². The number of nitrogens with zero attached hydrogens (tertiary/aromatic N) is 2. The Morgan fingerprint density at radius 2 is 1.36 bits per heavy atom. The molecule has 0 aliphatic carbocycles. The van der Waals surface area contributed by atoms with Crippen molar-refractivity contribution in [1.82, 2.24) is 9.97 Å². The van der Waals surface area contributed by atoms with Crippen LogP contribution < -0.4 is 5.19 Å². The van der Waals surface area contributed by atoms with Crippen LogP contribution in [0, 0.1) is 12.1 Å². The van der Waals surface area contributed by atoms with Gasteiger partial charge in [0.1, 0.15) is 5.58 Å². The van der Waals surface area contributed by atoms with Crippen LogP contribution in [0.2, 0.25) is 19.6 Å². The van der Waals surface area contributed by atoms with E-state index in [0.717, 1.165) is 44.5 Å². The van der Waals surface area contributed by atoms with Gasteiger partial charge < -0.3 is 14.4 Å². The number of rotatable bonds is 3. The summed E-state index contributed by atoms with van der Waals surface area (Å²) in [6.07, 6.45) is 3.61. The van der Waals surface area contributed by atoms with Crippen LogP contribution in [-0.2, 0) is 20.1 Å². The second kappa shape index (κ2) is 11.1. The smallest absolute Gasteiger partial charge is 0.120 e. The molecule has 0 aliphatic heterocycles. The van der Waals surface area contributed by atoms with Crippen LogP contribution in [0.1, 0.15) is 0 Å². The Labute approximate surface area is 226 Å². The van der Waals surface area contributed by atoms with Crippen molar-refractivity contribution >= 4 is 35.2 Å². The summed E-state index contributed by atoms with van der Waals surface area (Å²) in [5, 5.41) is 3.69. The number of aromatic nitrogens is 2. The minimum atomic E-state index is -1.25. The van der Waals surface area contributed by atoms with E-state index < -0.39 is 8.07 Å². The van der Waals surface area contributed by atoms with E-state index in [0.29, 0.717) is 0 Å². The first-order valence-electron chi connectivity index (χ1n) is 11.7. The minimum absolute atomic E-state index is 0. The van der Waals surface area contributed by atoms with Gasteiger partial charge >= 0.3 is 0 Å². The van der Waals surface area contributed by atoms with Gasteiger partial charge in [-0.2, -0.15) is 0 Å². The maximum absolute atomic E-state index is 5.97. The molecule has 0 spiro atoms. The van der Waals surface area contributed by atoms with E-state index in [1.165, 1.54) is 5.19 Å². The number of fused-ring (bicyclic) bond motifs is 3. The van der Waals surface area contributed by atoms with Gasteiger partial charge in [0.25, 0.3) is 0 Å². The molecule has 0 N–H and O–H groups in total. The van der Waals surface area contributed by atoms with Gasteiger partial charge in [-0.1, -0.05) is 73.1 Å². The zero-order chi connectivity index (χ0) is 24.3. The van der Waals surface area contributed by atoms with Crippen LogP contribution in [-0.4, -0.2) is 18.0 Å². The molecule has 5 heteroatoms. The van der Waals surface area contributed by atoms with Gasteiger partial charge in [-0.25, -0.2) is 0 Å². The maximum Gasteiger partial charge on any atom is 0.120 e. The summed E-state index contributed by atoms with van der Waals surface area (Å²) in [5.74, 6) is 0. The van der Waals surface area contributed by atoms with Crippen molar-refractivity contribution in [1.29, 1.82) is 0 Å². The fourth-order valence-electron chi connectivity index (χ4n) is 3.99. The molecule has 36 heavy (non-hydrogen) atoms. The Balaban J connectivity index is 0.000000167. The molecule has 3 aromatic carbocycles. The van der Waals surface area contributed by atoms with Gasteiger partial charge in [0.2, 0.25) is 0 Å². The Morgan fingerprint density at radius 3 is 2.06 bits per heavy atom. The number of hydrogen-bond donors (Lipinski definition) is 0. The summed E-state index contributed by atoms with van der Waals surface area (Å²) in [6.45, 7) is 7.06. The molecular formula is C31H26IrN2OSi-2. The van der Waals surface area contributed by atoms with Gasteiger partial charge in [0.15, 0.2) is 0 Å². The van der Waals surface area contributed by atoms with Gasteiger partial charge in [-0.3, -0.25) is 0 Å². The van der Waals surface area contributed by atoms with Crippen LogP contribution >= 0.6 is 0 Å². The summed E-state index contributed by atoms with van der Waals surface area (Å²) in [6, 6.07) is 36.8. The molecular weight excluding hydrogens is 637 g/mol. The number of furan rings is 1. The van der Waals surface area contributed by atoms with Crippen molar-refractivity contribution in [3.63, 3.8) is 0 Å². The number of para-hydroxylation sites is 1. The first-order valence-corrected chi connectivity index (χ1v) is 15.2. The van der Waals surface area contributed by atoms with E-state index in [2.05, 4.69) is 59.9 Å². The van der Waals surface area contributed by atoms with Crippen molar-refractivity contribution in [2.75, 3.05) is 0 Å². The molecule has 0 saturated carbocycles. The van der Waals surface area contributed by atoms with Crippen LogP contribution in [0.5, 0.6) is 0 Å². The molecule has 0 unspecified atom stereocenters. The Kier molecular flexibility index (Phi) is 7.95. The molecule has 0 fully saturated rings. The summed E-state index contributed by atoms with van der Waals surface area (Å²) < 4.78 is 5.97. The molecule has 1 radical (unpaired) electrons. The average molecular weight is 663 g/mol. The molecule has 0 atom stereocenters. The third-order valence-electron chi connectivity index (χ3n) is 5.87. The molecule has 0 aliphatic rings. The minimum Gasteiger partial charge on any atom is -0.501 e. The molecule has 3 aromatic heterocycles. The Hall–Kier alpha value is -3.37. The maximum atomic E-state index is 5.97. The molecule has 181 valence electrons. The zero-order valence-corrected chi connectivity index (χ0v) is 23.8. The predicted molar refractivity (Wildman–Crippen MR) is 147 cm³/mol. The van der Waals surface area contributed by atoms with Crippen molar-refractivity contribution in [3.05, 3.63) is 116 Å². The van der Waals surface area contributed by atoms with E-state index >= 15 is 0 Å². The normalized spacial score (nSPS) is 11.0. The first kappa shape index (κ1) is 25.7. The van der Waals surface area contributed by atoms with E-state index in [1.54, 1.807) is 6.20 Å². The van der Waals surface area contributed by atoms with Crippen molar-refractivity contribution in [3.8, 4) is 22.5 Å². The van der Waals surface area contributed by atoms with E-state index in [-0.39, 0.29) is 20.1 Å². The predicted octanol–water partition coefficient (Wildman–Crippen LogP) is 7.54. The molecule has 6 rings (SSSR count). The molecule has 0 bridgehead atoms. The van der Waals surface area contributed by atoms with Gasteiger partial charge in [-0.05, 0) is 29.6 Å². The van der Waals surface area contributed by atoms with Crippen LogP contribution in [0.25, 0.3) is 44.5 Å². The van der Waals surface area contributed by atoms with Gasteiger partial charge in [-0.15, -0.1) is 53.2 Å². The van der Waals surface area contributed by atoms with Crippen molar-refractivity contribution in [2.24, 2.45) is 0 Å². The fourth-order valence-corrected chi connectivity index (χ4v) is 5.16. The fraction of sp³-hybridized carbons (Fsp3) is 0.0968. The van der Waals surface area contributed by atoms with E-state index in [1.807, 2.05) is 79.0 Å². The second-order valence-electron chi connectivity index (χ2n) is 9.36. The summed E-state index contributed by atoms with van der Waals surface area (Å²) in [5.41, 5.74) is 5.64. The quantitative estimate of drug-likeness (QED) is 0.145. The Bertz CT molecular complexity index is 1580. The molecule has 3 heterocycles. The third-order valence-corrected chi connectivity index (χ3v) is 7.91. The van der Waals surface area contributed by atoms with Crippen LogP contribution in [0.15, 0.2) is 108 Å². The number of hydrogen-bond acceptors (Lipinski definition) is 3. The first-order chi connectivity index (χ1) is 17.0. The van der Waals surface area contributed by atoms with Gasteiger partial charge in [0, 0.05) is 37.9 Å². The van der Waals surface area contributed by atoms with E-state index in [4.69, 9.17) is 4.42 Å². The Morgan fingerprint density at radius 1 is 0.694 bits per heavy atom. The molecule has 0 saturated heterocycles. The van der Waals surface area contributed by atoms with Crippen LogP contribution in [0.4, 0.5) is 0 Å². The average Bonchev–Trinajstić information content (AvgIpc) is 3.29. The molecule has 0 amide bonds. The van der Waals surface area contributed by atoms with Crippen LogP contribution in [0.3, 0.4) is 0 Å². The number of benzene rings is 3. The van der Waals surface area contributed by atoms with Crippen molar-refractivity contribution in [2.45, 2.75) is 19.6 Å². The SMILES string of the molecule is C[Si](C)(C)c1cc[c-]c(-c2ccccn2)c1.[Ir].[c-]1ccc2c(oc3ccccc32)c1-c1ccccn1. The number of pyridine rings is 2. The standard InChI is InChI=1S/C17H10NO.C14H16NSi.Ir/c1-2-10-16-12(6-1)13-7-5-8-14(17(13)19-16)15-9-3-4-11-18-15;1-16(2,3)13-8-6-7-12(11-13)14-9-4-5-10-15-14;/h1-7,9-11H;4-6,8-11H,1-3H3;/q2*-1;. The summed E-state index contributed by atoms with van der Waals surface area (Å²) in [4.78, 5) is 8.73. The van der Waals surface area contributed by atoms with Crippen molar-refractivity contribution < 1.29 is 24.5 Å². The summed E-state index contributed by atoms with van der Waals surface area (Å²) >= 11 is 0. The summed E-state index contributed by atoms with van der Waals surface area (Å²) in [7, 11) is -1.25. The third kappa shape index (κ3) is 5.54. The van der Waals surface area contributed by atoms with Gasteiger partial charge in [0.05, 0.1) is 13.7 Å². The molecule has 6 aromatic rings. The monoisotopic (exact) mass is 663 g/mol. The topological polar surface area (TPSA) is 38.9 Å². The molecule has 3 nitrogen and oxygen atoms in total.